The molecule has 5 nitrogen and oxygen atoms in total. The van der Waals surface area contributed by atoms with Crippen LogP contribution in [-0.4, -0.2) is 35.8 Å². The first kappa shape index (κ1) is 13.1. The summed E-state index contributed by atoms with van der Waals surface area (Å²) < 4.78 is 5.39. The van der Waals surface area contributed by atoms with Crippen LogP contribution in [0, 0.1) is 0 Å². The van der Waals surface area contributed by atoms with E-state index in [1.165, 1.54) is 5.56 Å². The van der Waals surface area contributed by atoms with Gasteiger partial charge in [0.15, 0.2) is 0 Å². The summed E-state index contributed by atoms with van der Waals surface area (Å²) in [5.41, 5.74) is 1.19. The van der Waals surface area contributed by atoms with E-state index in [-0.39, 0.29) is 0 Å². The number of ether oxygens (including phenoxy) is 1. The average Bonchev–Trinajstić information content (AvgIpc) is 2.86. The second-order valence-corrected chi connectivity index (χ2v) is 4.53. The van der Waals surface area contributed by atoms with Crippen molar-refractivity contribution in [3.8, 4) is 0 Å². The summed E-state index contributed by atoms with van der Waals surface area (Å²) in [6.07, 6.45) is 4.74. The van der Waals surface area contributed by atoms with Gasteiger partial charge in [-0.1, -0.05) is 13.3 Å². The molecule has 0 radical (unpaired) electrons. The Kier molecular flexibility index (Phi) is 4.75. The van der Waals surface area contributed by atoms with E-state index in [0.717, 1.165) is 50.7 Å². The van der Waals surface area contributed by atoms with Gasteiger partial charge in [0.05, 0.1) is 12.6 Å². The fraction of sp³-hybridized carbons (Fsp3) is 0.692. The van der Waals surface area contributed by atoms with Crippen LogP contribution in [0.2, 0.25) is 0 Å². The lowest BCUT2D eigenvalue weighted by Crippen LogP contribution is -2.21. The molecule has 18 heavy (non-hydrogen) atoms. The average molecular weight is 250 g/mol. The molecule has 1 aliphatic heterocycles. The highest BCUT2D eigenvalue weighted by molar-refractivity contribution is 5.57. The van der Waals surface area contributed by atoms with E-state index in [0.29, 0.717) is 6.04 Å². The van der Waals surface area contributed by atoms with E-state index in [9.17, 15) is 0 Å². The maximum Gasteiger partial charge on any atom is 0.135 e. The summed E-state index contributed by atoms with van der Waals surface area (Å²) in [5.74, 6) is 1.91. The van der Waals surface area contributed by atoms with Crippen molar-refractivity contribution in [2.75, 3.05) is 30.4 Å². The molecule has 0 aromatic carbocycles. The molecule has 0 aliphatic carbocycles. The largest absolute Gasteiger partial charge is 0.379 e. The van der Waals surface area contributed by atoms with E-state index in [1.807, 2.05) is 0 Å². The van der Waals surface area contributed by atoms with Crippen LogP contribution in [0.4, 0.5) is 11.6 Å². The number of anilines is 2. The van der Waals surface area contributed by atoms with Crippen LogP contribution in [0.15, 0.2) is 6.33 Å². The first-order chi connectivity index (χ1) is 8.85. The lowest BCUT2D eigenvalue weighted by molar-refractivity contribution is 0.195. The first-order valence-corrected chi connectivity index (χ1v) is 6.77. The first-order valence-electron chi connectivity index (χ1n) is 6.77. The summed E-state index contributed by atoms with van der Waals surface area (Å²) in [5, 5.41) is 6.78. The number of nitrogens with zero attached hydrogens (tertiary/aromatic N) is 2. The molecule has 0 spiro atoms. The molecule has 2 N–H and O–H groups in total. The Morgan fingerprint density at radius 2 is 2.17 bits per heavy atom. The zero-order chi connectivity index (χ0) is 12.8. The predicted octanol–water partition coefficient (Wildman–Crippen LogP) is 2.06. The van der Waals surface area contributed by atoms with Crippen molar-refractivity contribution in [3.05, 3.63) is 11.9 Å². The van der Waals surface area contributed by atoms with E-state index in [4.69, 9.17) is 4.74 Å². The third kappa shape index (κ3) is 3.10. The molecule has 0 saturated carbocycles. The van der Waals surface area contributed by atoms with Crippen molar-refractivity contribution in [3.63, 3.8) is 0 Å². The molecule has 2 rings (SSSR count). The van der Waals surface area contributed by atoms with Gasteiger partial charge in [0.25, 0.3) is 0 Å². The van der Waals surface area contributed by atoms with Gasteiger partial charge in [-0.05, 0) is 19.8 Å². The number of nitrogens with one attached hydrogen (secondary N) is 2. The predicted molar refractivity (Wildman–Crippen MR) is 73.0 cm³/mol. The topological polar surface area (TPSA) is 59.1 Å². The van der Waals surface area contributed by atoms with Gasteiger partial charge in [0, 0.05) is 18.7 Å². The Hall–Kier alpha value is -1.36. The highest BCUT2D eigenvalue weighted by Crippen LogP contribution is 2.23. The molecule has 100 valence electrons. The van der Waals surface area contributed by atoms with E-state index >= 15 is 0 Å². The SMILES string of the molecule is CCCc1c(NCC)ncnc1NC1CCOC1. The minimum atomic E-state index is 0.380. The van der Waals surface area contributed by atoms with Crippen molar-refractivity contribution < 1.29 is 4.74 Å². The molecule has 1 aliphatic rings. The Morgan fingerprint density at radius 3 is 2.83 bits per heavy atom. The van der Waals surface area contributed by atoms with E-state index in [1.54, 1.807) is 6.33 Å². The van der Waals surface area contributed by atoms with Crippen LogP contribution in [0.25, 0.3) is 0 Å². The molecule has 0 amide bonds. The van der Waals surface area contributed by atoms with E-state index < -0.39 is 0 Å². The van der Waals surface area contributed by atoms with Crippen molar-refractivity contribution in [1.29, 1.82) is 0 Å². The highest BCUT2D eigenvalue weighted by atomic mass is 16.5. The van der Waals surface area contributed by atoms with Crippen LogP contribution in [0.1, 0.15) is 32.3 Å². The normalized spacial score (nSPS) is 18.9. The van der Waals surface area contributed by atoms with Crippen molar-refractivity contribution in [2.24, 2.45) is 0 Å². The van der Waals surface area contributed by atoms with Crippen LogP contribution in [-0.2, 0) is 11.2 Å². The molecule has 1 saturated heterocycles. The Morgan fingerprint density at radius 1 is 1.33 bits per heavy atom. The van der Waals surface area contributed by atoms with Crippen LogP contribution in [0.5, 0.6) is 0 Å². The zero-order valence-electron chi connectivity index (χ0n) is 11.2. The maximum absolute atomic E-state index is 5.39. The van der Waals surface area contributed by atoms with Crippen molar-refractivity contribution in [1.82, 2.24) is 9.97 Å². The van der Waals surface area contributed by atoms with E-state index in [2.05, 4.69) is 34.4 Å². The van der Waals surface area contributed by atoms with Gasteiger partial charge < -0.3 is 15.4 Å². The van der Waals surface area contributed by atoms with Crippen LogP contribution in [0.3, 0.4) is 0 Å². The summed E-state index contributed by atoms with van der Waals surface area (Å²) in [6.45, 7) is 6.73. The lowest BCUT2D eigenvalue weighted by Gasteiger charge is -2.17. The molecular formula is C13H22N4O. The van der Waals surface area contributed by atoms with Crippen molar-refractivity contribution in [2.45, 2.75) is 39.2 Å². The molecule has 1 unspecified atom stereocenters. The monoisotopic (exact) mass is 250 g/mol. The molecule has 1 fully saturated rings. The Balaban J connectivity index is 2.17. The summed E-state index contributed by atoms with van der Waals surface area (Å²) >= 11 is 0. The molecule has 0 bridgehead atoms. The van der Waals surface area contributed by atoms with Crippen LogP contribution < -0.4 is 10.6 Å². The van der Waals surface area contributed by atoms with Gasteiger partial charge in [0.2, 0.25) is 0 Å². The standard InChI is InChI=1S/C13H22N4O/c1-3-5-11-12(14-4-2)15-9-16-13(11)17-10-6-7-18-8-10/h9-10H,3-8H2,1-2H3,(H2,14,15,16,17). The third-order valence-corrected chi connectivity index (χ3v) is 3.06. The minimum Gasteiger partial charge on any atom is -0.379 e. The van der Waals surface area contributed by atoms with Gasteiger partial charge in [0.1, 0.15) is 18.0 Å². The number of hydrogen-bond acceptors (Lipinski definition) is 5. The minimum absolute atomic E-state index is 0.380. The van der Waals surface area contributed by atoms with Gasteiger partial charge >= 0.3 is 0 Å². The van der Waals surface area contributed by atoms with Crippen molar-refractivity contribution >= 4 is 11.6 Å². The second-order valence-electron chi connectivity index (χ2n) is 4.53. The second kappa shape index (κ2) is 6.54. The summed E-state index contributed by atoms with van der Waals surface area (Å²) in [7, 11) is 0. The summed E-state index contributed by atoms with van der Waals surface area (Å²) in [4.78, 5) is 8.71. The highest BCUT2D eigenvalue weighted by Gasteiger charge is 2.18. The quantitative estimate of drug-likeness (QED) is 0.809. The van der Waals surface area contributed by atoms with Gasteiger partial charge in [-0.25, -0.2) is 9.97 Å². The van der Waals surface area contributed by atoms with Crippen LogP contribution >= 0.6 is 0 Å². The fourth-order valence-corrected chi connectivity index (χ4v) is 2.18. The zero-order valence-corrected chi connectivity index (χ0v) is 11.2. The molecule has 1 aromatic heterocycles. The number of hydrogen-bond donors (Lipinski definition) is 2. The molecule has 5 heteroatoms. The fourth-order valence-electron chi connectivity index (χ4n) is 2.18. The third-order valence-electron chi connectivity index (χ3n) is 3.06. The molecule has 2 heterocycles. The molecule has 1 atom stereocenters. The maximum atomic E-state index is 5.39. The smallest absolute Gasteiger partial charge is 0.135 e. The van der Waals surface area contributed by atoms with Gasteiger partial charge in [-0.3, -0.25) is 0 Å². The van der Waals surface area contributed by atoms with Gasteiger partial charge in [-0.2, -0.15) is 0 Å². The summed E-state index contributed by atoms with van der Waals surface area (Å²) in [6, 6.07) is 0.380. The number of rotatable bonds is 6. The molecule has 1 aromatic rings. The molecular weight excluding hydrogens is 228 g/mol. The lowest BCUT2D eigenvalue weighted by atomic mass is 10.1. The Bertz CT molecular complexity index is 377. The van der Waals surface area contributed by atoms with Gasteiger partial charge in [-0.15, -0.1) is 0 Å². The number of aromatic nitrogens is 2. The Labute approximate surface area is 108 Å².